The first kappa shape index (κ1) is 27.0. The maximum absolute atomic E-state index is 8.49. The lowest BCUT2D eigenvalue weighted by molar-refractivity contribution is -2.00. The molecule has 3 N–H and O–H groups in total. The number of benzene rings is 2. The van der Waals surface area contributed by atoms with Gasteiger partial charge in [-0.25, -0.2) is 23.6 Å². The molecule has 0 unspecified atom stereocenters. The zero-order valence-electron chi connectivity index (χ0n) is 20.4. The lowest BCUT2D eigenvalue weighted by Gasteiger charge is -2.17. The van der Waals surface area contributed by atoms with Crippen LogP contribution in [-0.4, -0.2) is 18.3 Å². The van der Waals surface area contributed by atoms with E-state index in [1.54, 1.807) is 7.11 Å². The van der Waals surface area contributed by atoms with Gasteiger partial charge in [0.15, 0.2) is 0 Å². The first-order chi connectivity index (χ1) is 17.0. The van der Waals surface area contributed by atoms with Gasteiger partial charge in [-0.05, 0) is 45.0 Å². The van der Waals surface area contributed by atoms with Gasteiger partial charge in [-0.1, -0.05) is 24.3 Å². The molecule has 36 heavy (non-hydrogen) atoms. The van der Waals surface area contributed by atoms with Crippen LogP contribution < -0.4 is 44.2 Å². The van der Waals surface area contributed by atoms with Crippen LogP contribution in [0.1, 0.15) is 18.3 Å². The van der Waals surface area contributed by atoms with Crippen LogP contribution in [-0.2, 0) is 0 Å². The Labute approximate surface area is 211 Å². The van der Waals surface area contributed by atoms with E-state index in [-0.39, 0.29) is 0 Å². The Balaban J connectivity index is 0.000000658. The number of ether oxygens (including phenoxy) is 2. The van der Waals surface area contributed by atoms with Crippen LogP contribution in [0.5, 0.6) is 11.5 Å². The maximum Gasteiger partial charge on any atom is 0.227 e. The Kier molecular flexibility index (Phi) is 8.57. The molecule has 0 fully saturated rings. The highest BCUT2D eigenvalue weighted by molar-refractivity contribution is 5.93. The summed E-state index contributed by atoms with van der Waals surface area (Å²) < 4.78 is 47.7. The van der Waals surface area contributed by atoms with E-state index >= 15 is 0 Å². The van der Waals surface area contributed by atoms with Crippen molar-refractivity contribution in [1.29, 1.82) is 0 Å². The second kappa shape index (κ2) is 11.4. The van der Waals surface area contributed by atoms with Crippen molar-refractivity contribution in [2.75, 3.05) is 19.5 Å². The molecule has 10 heteroatoms. The molecule has 4 aromatic rings. The van der Waals surface area contributed by atoms with Crippen molar-refractivity contribution >= 4 is 22.1 Å². The summed E-state index contributed by atoms with van der Waals surface area (Å²) >= 11 is 0. The number of nitrogen functional groups attached to an aromatic ring is 1. The number of halogens is 1. The molecule has 0 saturated carbocycles. The largest absolute Gasteiger partial charge is 0.497 e. The molecule has 190 valence electrons. The molecule has 0 atom stereocenters. The lowest BCUT2D eigenvalue weighted by Crippen LogP contribution is -2.70. The number of fused-ring (bicyclic) bond motifs is 1. The highest BCUT2D eigenvalue weighted by atomic mass is 35.7. The fraction of sp³-hybridized carbons (Fsp3) is 0.192. The van der Waals surface area contributed by atoms with Gasteiger partial charge in [0.2, 0.25) is 11.0 Å². The molecule has 0 saturated heterocycles. The third kappa shape index (κ3) is 6.34. The fourth-order valence-corrected chi connectivity index (χ4v) is 4.14. The molecule has 0 spiro atoms. The Morgan fingerprint density at radius 1 is 0.889 bits per heavy atom. The van der Waals surface area contributed by atoms with Gasteiger partial charge in [0, 0.05) is 35.3 Å². The molecule has 1 heterocycles. The van der Waals surface area contributed by atoms with Gasteiger partial charge in [0.1, 0.15) is 17.2 Å². The standard InChI is InChI=1S/C26H27N3O2.ClHO4/c1-5-31-24-15-9-14-23(28-22-13-7-6-12-21(22)27)25-17(2)29(18(3)26(24)25)19-10-8-11-20(16-19)30-4;2-1(3,4)5/h6-16H,5,27H2,1-4H3;(H,2,3,4,5). The molecule has 3 aromatic carbocycles. The fourth-order valence-electron chi connectivity index (χ4n) is 4.14. The summed E-state index contributed by atoms with van der Waals surface area (Å²) in [5, 5.41) is 3.14. The van der Waals surface area contributed by atoms with Crippen molar-refractivity contribution in [2.45, 2.75) is 20.8 Å². The number of rotatable bonds is 5. The summed E-state index contributed by atoms with van der Waals surface area (Å²) in [5.41, 5.74) is 11.0. The van der Waals surface area contributed by atoms with Crippen LogP contribution in [0.2, 0.25) is 0 Å². The number of aromatic nitrogens is 1. The first-order valence-corrected chi connectivity index (χ1v) is 12.3. The zero-order chi connectivity index (χ0) is 26.5. The number of hydrogen-bond donors (Lipinski definition) is 2. The molecular weight excluding hydrogens is 486 g/mol. The Bertz CT molecular complexity index is 1420. The van der Waals surface area contributed by atoms with E-state index in [1.807, 2.05) is 61.5 Å². The van der Waals surface area contributed by atoms with E-state index in [4.69, 9.17) is 33.8 Å². The van der Waals surface area contributed by atoms with E-state index in [0.717, 1.165) is 50.4 Å². The molecular formula is C26H28ClN3O6. The summed E-state index contributed by atoms with van der Waals surface area (Å²) in [6, 6.07) is 22.0. The van der Waals surface area contributed by atoms with E-state index in [9.17, 15) is 0 Å². The number of para-hydroxylation sites is 2. The Morgan fingerprint density at radius 2 is 1.53 bits per heavy atom. The zero-order valence-corrected chi connectivity index (χ0v) is 21.2. The van der Waals surface area contributed by atoms with E-state index in [1.165, 1.54) is 0 Å². The number of nitrogens with one attached hydrogen (secondary N) is 1. The van der Waals surface area contributed by atoms with Gasteiger partial charge in [0.25, 0.3) is 0 Å². The third-order valence-corrected chi connectivity index (χ3v) is 5.51. The summed E-state index contributed by atoms with van der Waals surface area (Å²) in [6.45, 7) is 6.85. The predicted octanol–water partition coefficient (Wildman–Crippen LogP) is -1.21. The molecule has 1 aromatic heterocycles. The lowest BCUT2D eigenvalue weighted by atomic mass is 10.2. The minimum absolute atomic E-state index is 0.594. The number of anilines is 1. The monoisotopic (exact) mass is 513 g/mol. The Morgan fingerprint density at radius 3 is 2.17 bits per heavy atom. The minimum atomic E-state index is -4.94. The summed E-state index contributed by atoms with van der Waals surface area (Å²) in [7, 11) is -3.26. The number of methoxy groups -OCH3 is 1. The summed E-state index contributed by atoms with van der Waals surface area (Å²) in [6.07, 6.45) is 0. The van der Waals surface area contributed by atoms with Gasteiger partial charge in [0.05, 0.1) is 24.5 Å². The maximum atomic E-state index is 8.49. The van der Waals surface area contributed by atoms with Crippen LogP contribution in [0.15, 0.2) is 66.7 Å². The van der Waals surface area contributed by atoms with Crippen molar-refractivity contribution in [3.63, 3.8) is 0 Å². The van der Waals surface area contributed by atoms with E-state index < -0.39 is 10.2 Å². The van der Waals surface area contributed by atoms with Crippen molar-refractivity contribution in [2.24, 2.45) is 0 Å². The predicted molar refractivity (Wildman–Crippen MR) is 125 cm³/mol. The van der Waals surface area contributed by atoms with E-state index in [2.05, 4.69) is 35.5 Å². The summed E-state index contributed by atoms with van der Waals surface area (Å²) in [4.78, 5) is 3.54. The van der Waals surface area contributed by atoms with Crippen LogP contribution >= 0.6 is 0 Å². The first-order valence-electron chi connectivity index (χ1n) is 11.0. The number of nitrogens with two attached hydrogens (primary N) is 1. The molecule has 9 nitrogen and oxygen atoms in total. The molecule has 0 bridgehead atoms. The minimum Gasteiger partial charge on any atom is -0.497 e. The second-order valence-electron chi connectivity index (χ2n) is 7.78. The summed E-state index contributed by atoms with van der Waals surface area (Å²) in [5.74, 6) is 1.67. The molecule has 0 aliphatic rings. The van der Waals surface area contributed by atoms with Crippen molar-refractivity contribution < 1.29 is 43.3 Å². The normalized spacial score (nSPS) is 11.7. The van der Waals surface area contributed by atoms with E-state index in [0.29, 0.717) is 12.3 Å². The average Bonchev–Trinajstić information content (AvgIpc) is 2.95. The van der Waals surface area contributed by atoms with Gasteiger partial charge >= 0.3 is 0 Å². The molecule has 4 rings (SSSR count). The van der Waals surface area contributed by atoms with Crippen LogP contribution in [0.3, 0.4) is 0 Å². The van der Waals surface area contributed by atoms with Crippen LogP contribution in [0.25, 0.3) is 16.5 Å². The van der Waals surface area contributed by atoms with Crippen molar-refractivity contribution in [3.05, 3.63) is 83.5 Å². The number of nitrogens with zero attached hydrogens (tertiary/aromatic N) is 1. The molecule has 0 amide bonds. The van der Waals surface area contributed by atoms with Crippen LogP contribution in [0.4, 0.5) is 11.4 Å². The smallest absolute Gasteiger partial charge is 0.227 e. The van der Waals surface area contributed by atoms with Crippen LogP contribution in [0, 0.1) is 24.1 Å². The molecule has 0 aliphatic carbocycles. The quantitative estimate of drug-likeness (QED) is 0.317. The number of aryl methyl sites for hydroxylation is 2. The molecule has 0 radical (unpaired) electrons. The van der Waals surface area contributed by atoms with Gasteiger partial charge in [-0.15, -0.1) is 10.2 Å². The van der Waals surface area contributed by atoms with Gasteiger partial charge in [-0.2, -0.15) is 0 Å². The third-order valence-electron chi connectivity index (χ3n) is 5.51. The van der Waals surface area contributed by atoms with Gasteiger partial charge < -0.3 is 19.8 Å². The Hall–Kier alpha value is -3.60. The van der Waals surface area contributed by atoms with Gasteiger partial charge in [-0.3, -0.25) is 0 Å². The highest BCUT2D eigenvalue weighted by Gasteiger charge is 2.19. The molecule has 0 aliphatic heterocycles. The van der Waals surface area contributed by atoms with Crippen molar-refractivity contribution in [1.82, 2.24) is 4.57 Å². The SMILES string of the molecule is CCOc1cccc(=[NH+]c2ccccc2N)c2c(C)n(-c3cccc(OC)c3)c(C)c12.[O-][Cl+3]([O-])([O-])[O-]. The highest BCUT2D eigenvalue weighted by Crippen LogP contribution is 2.33. The number of hydrogen-bond acceptors (Lipinski definition) is 7. The van der Waals surface area contributed by atoms with Crippen molar-refractivity contribution in [3.8, 4) is 17.2 Å². The average molecular weight is 514 g/mol. The second-order valence-corrected chi connectivity index (χ2v) is 8.54. The topological polar surface area (TPSA) is 156 Å².